The lowest BCUT2D eigenvalue weighted by Crippen LogP contribution is -2.01. The zero-order chi connectivity index (χ0) is 13.5. The standard InChI is InChI=1S/C13H16O5/c1-9(13(14)15)4-5-18-12-7-10(16-2)6-11(8-12)17-3/h4,6-8H,5H2,1-3H3,(H,14,15). The van der Waals surface area contributed by atoms with Gasteiger partial charge in [0.2, 0.25) is 0 Å². The second kappa shape index (κ2) is 6.54. The number of ether oxygens (including phenoxy) is 3. The van der Waals surface area contributed by atoms with Crippen molar-refractivity contribution < 1.29 is 24.1 Å². The fourth-order valence-electron chi connectivity index (χ4n) is 1.21. The summed E-state index contributed by atoms with van der Waals surface area (Å²) in [6.45, 7) is 1.69. The number of carboxylic acid groups (broad SMARTS) is 1. The Balaban J connectivity index is 2.72. The molecule has 98 valence electrons. The van der Waals surface area contributed by atoms with Gasteiger partial charge in [-0.25, -0.2) is 4.79 Å². The highest BCUT2D eigenvalue weighted by Gasteiger charge is 2.03. The molecule has 5 heteroatoms. The van der Waals surface area contributed by atoms with E-state index in [-0.39, 0.29) is 12.2 Å². The van der Waals surface area contributed by atoms with Crippen LogP contribution in [0.3, 0.4) is 0 Å². The van der Waals surface area contributed by atoms with E-state index >= 15 is 0 Å². The third kappa shape index (κ3) is 4.01. The maximum absolute atomic E-state index is 10.6. The van der Waals surface area contributed by atoms with Crippen LogP contribution in [0.4, 0.5) is 0 Å². The summed E-state index contributed by atoms with van der Waals surface area (Å²) in [6.07, 6.45) is 1.49. The zero-order valence-corrected chi connectivity index (χ0v) is 10.6. The lowest BCUT2D eigenvalue weighted by molar-refractivity contribution is -0.132. The molecule has 5 nitrogen and oxygen atoms in total. The van der Waals surface area contributed by atoms with Crippen LogP contribution in [0.25, 0.3) is 0 Å². The number of carbonyl (C=O) groups is 1. The highest BCUT2D eigenvalue weighted by Crippen LogP contribution is 2.27. The fourth-order valence-corrected chi connectivity index (χ4v) is 1.21. The highest BCUT2D eigenvalue weighted by molar-refractivity contribution is 5.85. The van der Waals surface area contributed by atoms with Gasteiger partial charge in [0.1, 0.15) is 23.9 Å². The molecule has 0 aromatic heterocycles. The summed E-state index contributed by atoms with van der Waals surface area (Å²) in [6, 6.07) is 5.13. The van der Waals surface area contributed by atoms with Crippen molar-refractivity contribution in [2.45, 2.75) is 6.92 Å². The summed E-state index contributed by atoms with van der Waals surface area (Å²) in [5.74, 6) is 0.828. The molecule has 0 saturated carbocycles. The topological polar surface area (TPSA) is 65.0 Å². The van der Waals surface area contributed by atoms with Gasteiger partial charge in [0.15, 0.2) is 0 Å². The first-order chi connectivity index (χ1) is 8.56. The van der Waals surface area contributed by atoms with E-state index in [9.17, 15) is 4.79 Å². The van der Waals surface area contributed by atoms with Crippen molar-refractivity contribution >= 4 is 5.97 Å². The first-order valence-corrected chi connectivity index (χ1v) is 5.32. The average molecular weight is 252 g/mol. The van der Waals surface area contributed by atoms with Crippen molar-refractivity contribution in [1.82, 2.24) is 0 Å². The van der Waals surface area contributed by atoms with E-state index in [1.165, 1.54) is 13.0 Å². The summed E-state index contributed by atoms with van der Waals surface area (Å²) < 4.78 is 15.6. The molecule has 0 heterocycles. The van der Waals surface area contributed by atoms with Gasteiger partial charge in [-0.05, 0) is 13.0 Å². The number of benzene rings is 1. The number of hydrogen-bond donors (Lipinski definition) is 1. The normalized spacial score (nSPS) is 10.9. The first-order valence-electron chi connectivity index (χ1n) is 5.32. The van der Waals surface area contributed by atoms with Gasteiger partial charge in [-0.15, -0.1) is 0 Å². The summed E-state index contributed by atoms with van der Waals surface area (Å²) >= 11 is 0. The van der Waals surface area contributed by atoms with E-state index in [4.69, 9.17) is 19.3 Å². The molecule has 0 saturated heterocycles. The molecule has 18 heavy (non-hydrogen) atoms. The van der Waals surface area contributed by atoms with Gasteiger partial charge in [0, 0.05) is 23.8 Å². The molecule has 0 aliphatic heterocycles. The summed E-state index contributed by atoms with van der Waals surface area (Å²) in [7, 11) is 3.10. The van der Waals surface area contributed by atoms with Crippen molar-refractivity contribution in [3.05, 3.63) is 29.8 Å². The number of carboxylic acids is 1. The molecule has 1 rings (SSSR count). The van der Waals surface area contributed by atoms with Gasteiger partial charge in [-0.3, -0.25) is 0 Å². The Morgan fingerprint density at radius 2 is 1.67 bits per heavy atom. The Morgan fingerprint density at radius 3 is 2.11 bits per heavy atom. The van der Waals surface area contributed by atoms with Crippen LogP contribution in [-0.4, -0.2) is 31.9 Å². The van der Waals surface area contributed by atoms with Gasteiger partial charge in [-0.1, -0.05) is 0 Å². The third-order valence-corrected chi connectivity index (χ3v) is 2.30. The van der Waals surface area contributed by atoms with Crippen LogP contribution in [0.2, 0.25) is 0 Å². The fraction of sp³-hybridized carbons (Fsp3) is 0.308. The van der Waals surface area contributed by atoms with E-state index in [2.05, 4.69) is 0 Å². The van der Waals surface area contributed by atoms with E-state index in [1.807, 2.05) is 0 Å². The first kappa shape index (κ1) is 13.9. The molecule has 1 N–H and O–H groups in total. The number of aliphatic carboxylic acids is 1. The van der Waals surface area contributed by atoms with Crippen LogP contribution in [0, 0.1) is 0 Å². The van der Waals surface area contributed by atoms with Gasteiger partial charge in [0.25, 0.3) is 0 Å². The molecule has 0 aliphatic carbocycles. The van der Waals surface area contributed by atoms with Gasteiger partial charge < -0.3 is 19.3 Å². The second-order valence-corrected chi connectivity index (χ2v) is 3.55. The zero-order valence-electron chi connectivity index (χ0n) is 10.6. The van der Waals surface area contributed by atoms with Crippen molar-refractivity contribution in [3.8, 4) is 17.2 Å². The smallest absolute Gasteiger partial charge is 0.331 e. The minimum atomic E-state index is -0.957. The van der Waals surface area contributed by atoms with Crippen LogP contribution in [-0.2, 0) is 4.79 Å². The molecule has 1 aromatic carbocycles. The van der Waals surface area contributed by atoms with Crippen LogP contribution >= 0.6 is 0 Å². The third-order valence-electron chi connectivity index (χ3n) is 2.30. The minimum absolute atomic E-state index is 0.175. The monoisotopic (exact) mass is 252 g/mol. The molecular weight excluding hydrogens is 236 g/mol. The van der Waals surface area contributed by atoms with E-state index in [1.54, 1.807) is 32.4 Å². The summed E-state index contributed by atoms with van der Waals surface area (Å²) in [5, 5.41) is 8.68. The predicted octanol–water partition coefficient (Wildman–Crippen LogP) is 2.11. The Bertz CT molecular complexity index is 428. The Morgan fingerprint density at radius 1 is 1.17 bits per heavy atom. The average Bonchev–Trinajstić information content (AvgIpc) is 2.37. The second-order valence-electron chi connectivity index (χ2n) is 3.55. The lowest BCUT2D eigenvalue weighted by atomic mass is 10.3. The molecule has 0 amide bonds. The van der Waals surface area contributed by atoms with Crippen LogP contribution in [0.5, 0.6) is 17.2 Å². The van der Waals surface area contributed by atoms with Crippen molar-refractivity contribution in [2.75, 3.05) is 20.8 Å². The minimum Gasteiger partial charge on any atom is -0.496 e. The lowest BCUT2D eigenvalue weighted by Gasteiger charge is -2.09. The Labute approximate surface area is 106 Å². The quantitative estimate of drug-likeness (QED) is 0.785. The predicted molar refractivity (Wildman–Crippen MR) is 66.4 cm³/mol. The molecule has 1 aromatic rings. The summed E-state index contributed by atoms with van der Waals surface area (Å²) in [5.41, 5.74) is 0.241. The maximum atomic E-state index is 10.6. The Hall–Kier alpha value is -2.17. The van der Waals surface area contributed by atoms with Crippen molar-refractivity contribution in [1.29, 1.82) is 0 Å². The van der Waals surface area contributed by atoms with Crippen molar-refractivity contribution in [2.24, 2.45) is 0 Å². The van der Waals surface area contributed by atoms with Crippen LogP contribution in [0.1, 0.15) is 6.92 Å². The number of rotatable bonds is 6. The number of methoxy groups -OCH3 is 2. The SMILES string of the molecule is COc1cc(OC)cc(OCC=C(C)C(=O)O)c1. The molecular formula is C13H16O5. The van der Waals surface area contributed by atoms with E-state index in [0.717, 1.165) is 0 Å². The molecule has 0 unspecified atom stereocenters. The van der Waals surface area contributed by atoms with Crippen molar-refractivity contribution in [3.63, 3.8) is 0 Å². The van der Waals surface area contributed by atoms with Gasteiger partial charge in [0.05, 0.1) is 14.2 Å². The largest absolute Gasteiger partial charge is 0.496 e. The molecule has 0 spiro atoms. The van der Waals surface area contributed by atoms with Gasteiger partial charge >= 0.3 is 5.97 Å². The summed E-state index contributed by atoms with van der Waals surface area (Å²) in [4.78, 5) is 10.6. The van der Waals surface area contributed by atoms with Gasteiger partial charge in [-0.2, -0.15) is 0 Å². The Kier molecular flexibility index (Phi) is 5.05. The molecule has 0 radical (unpaired) electrons. The highest BCUT2D eigenvalue weighted by atomic mass is 16.5. The van der Waals surface area contributed by atoms with E-state index in [0.29, 0.717) is 17.2 Å². The number of hydrogen-bond acceptors (Lipinski definition) is 4. The van der Waals surface area contributed by atoms with Crippen LogP contribution in [0.15, 0.2) is 29.8 Å². The maximum Gasteiger partial charge on any atom is 0.331 e. The van der Waals surface area contributed by atoms with E-state index < -0.39 is 5.97 Å². The molecule has 0 bridgehead atoms. The molecule has 0 aliphatic rings. The van der Waals surface area contributed by atoms with Crippen LogP contribution < -0.4 is 14.2 Å². The molecule has 0 fully saturated rings. The molecule has 0 atom stereocenters.